The van der Waals surface area contributed by atoms with Crippen LogP contribution in [0, 0.1) is 51.2 Å². The van der Waals surface area contributed by atoms with E-state index in [1.54, 1.807) is 0 Å². The Morgan fingerprint density at radius 1 is 0.957 bits per heavy atom. The second-order valence-electron chi connectivity index (χ2n) is 17.8. The summed E-state index contributed by atoms with van der Waals surface area (Å²) in [5.41, 5.74) is 1.64. The van der Waals surface area contributed by atoms with Crippen LogP contribution in [0.25, 0.3) is 0 Å². The second kappa shape index (κ2) is 12.5. The lowest BCUT2D eigenvalue weighted by Gasteiger charge is -2.60. The van der Waals surface area contributed by atoms with Crippen LogP contribution in [0.15, 0.2) is 0 Å². The monoisotopic (exact) mass is 645 g/mol. The highest BCUT2D eigenvalue weighted by Gasteiger charge is 2.80. The molecule has 0 radical (unpaired) electrons. The van der Waals surface area contributed by atoms with E-state index in [2.05, 4.69) is 39.5 Å². The van der Waals surface area contributed by atoms with Gasteiger partial charge in [-0.15, -0.1) is 0 Å². The van der Waals surface area contributed by atoms with Crippen LogP contribution in [0.4, 0.5) is 0 Å². The molecule has 3 saturated heterocycles. The summed E-state index contributed by atoms with van der Waals surface area (Å²) in [6.07, 6.45) is 14.1. The fourth-order valence-electron chi connectivity index (χ4n) is 12.9. The maximum Gasteiger partial charge on any atom is 0.306 e. The third-order valence-electron chi connectivity index (χ3n) is 15.1. The largest absolute Gasteiger partial charge is 0.463 e. The van der Waals surface area contributed by atoms with Gasteiger partial charge in [0.05, 0.1) is 50.7 Å². The van der Waals surface area contributed by atoms with Gasteiger partial charge in [0.25, 0.3) is 0 Å². The molecule has 0 aromatic rings. The SMILES string of the molecule is CC(C)CC(=O)OCC1CCC2C(CC3C4CCC5C(C)(C)[C@@H](OC6CN(C7COC7)CCO6)CCC56C[C@@]46CCC23C)O1.CO. The van der Waals surface area contributed by atoms with Crippen molar-refractivity contribution in [3.05, 3.63) is 0 Å². The lowest BCUT2D eigenvalue weighted by molar-refractivity contribution is -0.253. The van der Waals surface area contributed by atoms with Gasteiger partial charge in [-0.3, -0.25) is 9.69 Å². The summed E-state index contributed by atoms with van der Waals surface area (Å²) < 4.78 is 31.0. The summed E-state index contributed by atoms with van der Waals surface area (Å²) in [5.74, 6) is 3.31. The Kier molecular flexibility index (Phi) is 9.18. The molecule has 8 rings (SSSR count). The number of fused-ring (bicyclic) bond motifs is 4. The Morgan fingerprint density at radius 3 is 2.48 bits per heavy atom. The van der Waals surface area contributed by atoms with Gasteiger partial charge in [-0.05, 0) is 115 Å². The van der Waals surface area contributed by atoms with Crippen LogP contribution in [0.2, 0.25) is 0 Å². The molecule has 2 spiro atoms. The molecule has 8 heteroatoms. The first-order valence-electron chi connectivity index (χ1n) is 18.9. The third-order valence-corrected chi connectivity index (χ3v) is 15.1. The number of aliphatic hydroxyl groups is 1. The molecule has 0 bridgehead atoms. The molecule has 262 valence electrons. The van der Waals surface area contributed by atoms with Crippen molar-refractivity contribution < 1.29 is 33.6 Å². The molecule has 5 aliphatic carbocycles. The van der Waals surface area contributed by atoms with Gasteiger partial charge in [-0.25, -0.2) is 0 Å². The number of carbonyl (C=O) groups excluding carboxylic acids is 1. The van der Waals surface area contributed by atoms with Crippen LogP contribution in [0.1, 0.15) is 105 Å². The molecule has 5 saturated carbocycles. The number of nitrogens with zero attached hydrogens (tertiary/aromatic N) is 1. The van der Waals surface area contributed by atoms with Crippen molar-refractivity contribution in [2.24, 2.45) is 51.2 Å². The van der Waals surface area contributed by atoms with Gasteiger partial charge < -0.3 is 28.8 Å². The summed E-state index contributed by atoms with van der Waals surface area (Å²) in [4.78, 5) is 14.7. The van der Waals surface area contributed by atoms with E-state index in [4.69, 9.17) is 28.8 Å². The van der Waals surface area contributed by atoms with E-state index in [1.165, 1.54) is 57.8 Å². The molecule has 11 atom stereocenters. The van der Waals surface area contributed by atoms with Crippen molar-refractivity contribution in [2.45, 2.75) is 136 Å². The Bertz CT molecular complexity index is 1110. The molecule has 46 heavy (non-hydrogen) atoms. The van der Waals surface area contributed by atoms with Crippen molar-refractivity contribution in [3.63, 3.8) is 0 Å². The number of esters is 1. The van der Waals surface area contributed by atoms with Crippen LogP contribution in [0.5, 0.6) is 0 Å². The molecule has 3 heterocycles. The normalized spacial score (nSPS) is 47.6. The van der Waals surface area contributed by atoms with E-state index in [9.17, 15) is 4.79 Å². The molecule has 3 aliphatic heterocycles. The van der Waals surface area contributed by atoms with Gasteiger partial charge in [0, 0.05) is 20.1 Å². The summed E-state index contributed by atoms with van der Waals surface area (Å²) in [5, 5.41) is 7.00. The van der Waals surface area contributed by atoms with Crippen LogP contribution in [-0.4, -0.2) is 93.2 Å². The van der Waals surface area contributed by atoms with Gasteiger partial charge in [-0.1, -0.05) is 34.6 Å². The fraction of sp³-hybridized carbons (Fsp3) is 0.974. The molecular formula is C38H63NO7. The van der Waals surface area contributed by atoms with Gasteiger partial charge in [0.2, 0.25) is 0 Å². The van der Waals surface area contributed by atoms with Crippen molar-refractivity contribution in [2.75, 3.05) is 46.6 Å². The van der Waals surface area contributed by atoms with Gasteiger partial charge in [0.15, 0.2) is 6.29 Å². The van der Waals surface area contributed by atoms with Crippen molar-refractivity contribution in [1.82, 2.24) is 4.90 Å². The smallest absolute Gasteiger partial charge is 0.306 e. The number of hydrogen-bond acceptors (Lipinski definition) is 8. The Balaban J connectivity index is 0.00000166. The highest BCUT2D eigenvalue weighted by Crippen LogP contribution is 2.87. The molecule has 8 nitrogen and oxygen atoms in total. The number of hydrogen-bond donors (Lipinski definition) is 1. The predicted octanol–water partition coefficient (Wildman–Crippen LogP) is 5.83. The number of aliphatic hydroxyl groups excluding tert-OH is 1. The van der Waals surface area contributed by atoms with Crippen LogP contribution in [0.3, 0.4) is 0 Å². The van der Waals surface area contributed by atoms with E-state index in [1.807, 2.05) is 0 Å². The number of morpholine rings is 1. The van der Waals surface area contributed by atoms with Crippen LogP contribution in [-0.2, 0) is 28.5 Å². The first kappa shape index (κ1) is 33.7. The van der Waals surface area contributed by atoms with E-state index in [0.29, 0.717) is 53.3 Å². The van der Waals surface area contributed by atoms with Gasteiger partial charge in [0.1, 0.15) is 6.61 Å². The van der Waals surface area contributed by atoms with Crippen LogP contribution >= 0.6 is 0 Å². The maximum atomic E-state index is 12.2. The minimum atomic E-state index is -0.105. The quantitative estimate of drug-likeness (QED) is 0.346. The van der Waals surface area contributed by atoms with E-state index in [-0.39, 0.29) is 29.9 Å². The summed E-state index contributed by atoms with van der Waals surface area (Å²) in [7, 11) is 1.00. The molecule has 9 unspecified atom stereocenters. The second-order valence-corrected chi connectivity index (χ2v) is 17.8. The number of rotatable bonds is 7. The molecule has 0 aromatic heterocycles. The van der Waals surface area contributed by atoms with Crippen molar-refractivity contribution in [3.8, 4) is 0 Å². The zero-order valence-corrected chi connectivity index (χ0v) is 29.6. The molecular weight excluding hydrogens is 582 g/mol. The summed E-state index contributed by atoms with van der Waals surface area (Å²) in [6, 6.07) is 0.550. The first-order valence-corrected chi connectivity index (χ1v) is 18.9. The Hall–Kier alpha value is -0.770. The average molecular weight is 646 g/mol. The zero-order chi connectivity index (χ0) is 32.5. The van der Waals surface area contributed by atoms with Gasteiger partial charge >= 0.3 is 5.97 Å². The average Bonchev–Trinajstić information content (AvgIpc) is 3.57. The number of ether oxygens (including phenoxy) is 5. The maximum absolute atomic E-state index is 12.2. The molecule has 0 amide bonds. The van der Waals surface area contributed by atoms with E-state index >= 15 is 0 Å². The standard InChI is InChI=1S/C37H59NO6.CH4O/c1-23(2)16-32(39)42-21-25-6-7-27-29(43-25)17-28-26-8-9-30-34(3,4)31(44-33-18-38(14-15-41-33)24-19-40-20-24)10-11-37(30)22-36(26,37)13-12-35(27,28)5;1-2/h23-31,33H,6-22H2,1-5H3;2H,1H3/t25?,26?,27?,28?,29?,30?,31-,33?,35?,36-,37?;/m0./s1. The van der Waals surface area contributed by atoms with Crippen molar-refractivity contribution >= 4 is 5.97 Å². The van der Waals surface area contributed by atoms with Crippen LogP contribution < -0.4 is 0 Å². The lowest BCUT2D eigenvalue weighted by Crippen LogP contribution is -2.58. The molecule has 8 fully saturated rings. The minimum absolute atomic E-state index is 0.0736. The van der Waals surface area contributed by atoms with E-state index in [0.717, 1.165) is 64.2 Å². The Labute approximate surface area is 277 Å². The van der Waals surface area contributed by atoms with Gasteiger partial charge in [-0.2, -0.15) is 0 Å². The lowest BCUT2D eigenvalue weighted by atomic mass is 9.46. The zero-order valence-electron chi connectivity index (χ0n) is 29.6. The highest BCUT2D eigenvalue weighted by atomic mass is 16.7. The number of carbonyl (C=O) groups is 1. The summed E-state index contributed by atoms with van der Waals surface area (Å²) in [6.45, 7) is 16.7. The summed E-state index contributed by atoms with van der Waals surface area (Å²) >= 11 is 0. The Morgan fingerprint density at radius 2 is 1.74 bits per heavy atom. The highest BCUT2D eigenvalue weighted by molar-refractivity contribution is 5.69. The predicted molar refractivity (Wildman–Crippen MR) is 175 cm³/mol. The first-order chi connectivity index (χ1) is 22.1. The molecule has 8 aliphatic rings. The minimum Gasteiger partial charge on any atom is -0.463 e. The molecule has 0 aromatic carbocycles. The van der Waals surface area contributed by atoms with E-state index < -0.39 is 0 Å². The third kappa shape index (κ3) is 5.33. The topological polar surface area (TPSA) is 86.7 Å². The molecule has 1 N–H and O–H groups in total. The van der Waals surface area contributed by atoms with Crippen molar-refractivity contribution in [1.29, 1.82) is 0 Å². The fourth-order valence-corrected chi connectivity index (χ4v) is 12.9.